The van der Waals surface area contributed by atoms with E-state index in [9.17, 15) is 0 Å². The molecule has 0 fully saturated rings. The quantitative estimate of drug-likeness (QED) is 0.839. The number of aliphatic hydroxyl groups is 1. The topological polar surface area (TPSA) is 49.5 Å². The van der Waals surface area contributed by atoms with Crippen LogP contribution in [0.4, 0.5) is 5.69 Å². The summed E-state index contributed by atoms with van der Waals surface area (Å²) in [5, 5.41) is 9.10. The number of aliphatic hydroxyl groups excluding tert-OH is 1. The summed E-state index contributed by atoms with van der Waals surface area (Å²) in [6.07, 6.45) is 2.31. The van der Waals surface area contributed by atoms with Crippen LogP contribution in [0.5, 0.6) is 0 Å². The third-order valence-electron chi connectivity index (χ3n) is 3.51. The van der Waals surface area contributed by atoms with Gasteiger partial charge in [0.1, 0.15) is 0 Å². The van der Waals surface area contributed by atoms with Crippen molar-refractivity contribution in [2.45, 2.75) is 38.8 Å². The van der Waals surface area contributed by atoms with Gasteiger partial charge < -0.3 is 15.7 Å². The minimum Gasteiger partial charge on any atom is -0.394 e. The summed E-state index contributed by atoms with van der Waals surface area (Å²) in [5.74, 6) is 0. The minimum atomic E-state index is -0.255. The Hall–Kier alpha value is -1.06. The second-order valence-electron chi connectivity index (χ2n) is 5.07. The summed E-state index contributed by atoms with van der Waals surface area (Å²) >= 11 is 0. The van der Waals surface area contributed by atoms with E-state index in [1.807, 2.05) is 6.07 Å². The van der Waals surface area contributed by atoms with Crippen molar-refractivity contribution < 1.29 is 5.11 Å². The first kappa shape index (κ1) is 12.4. The molecule has 1 atom stereocenters. The first-order valence-corrected chi connectivity index (χ1v) is 6.39. The molecule has 94 valence electrons. The summed E-state index contributed by atoms with van der Waals surface area (Å²) in [6.45, 7) is 5.59. The van der Waals surface area contributed by atoms with E-state index in [0.29, 0.717) is 6.04 Å². The van der Waals surface area contributed by atoms with Crippen LogP contribution in [0.1, 0.15) is 37.4 Å². The fourth-order valence-electron chi connectivity index (χ4n) is 2.52. The summed E-state index contributed by atoms with van der Waals surface area (Å²) in [6, 6.07) is 6.63. The molecule has 0 amide bonds. The number of rotatable bonds is 3. The first-order chi connectivity index (χ1) is 8.13. The van der Waals surface area contributed by atoms with Gasteiger partial charge in [-0.05, 0) is 43.9 Å². The second kappa shape index (κ2) is 5.07. The fraction of sp³-hybridized carbons (Fsp3) is 0.571. The SMILES string of the molecule is CC(C)N1CCCc2cc([C@@H](N)CO)ccc21. The molecule has 0 saturated carbocycles. The molecule has 0 bridgehead atoms. The number of hydrogen-bond acceptors (Lipinski definition) is 3. The van der Waals surface area contributed by atoms with E-state index in [1.54, 1.807) is 0 Å². The van der Waals surface area contributed by atoms with Crippen molar-refractivity contribution in [1.82, 2.24) is 0 Å². The van der Waals surface area contributed by atoms with Crippen molar-refractivity contribution in [3.05, 3.63) is 29.3 Å². The highest BCUT2D eigenvalue weighted by Gasteiger charge is 2.19. The van der Waals surface area contributed by atoms with Gasteiger partial charge in [-0.3, -0.25) is 0 Å². The van der Waals surface area contributed by atoms with Crippen molar-refractivity contribution in [2.24, 2.45) is 5.73 Å². The Morgan fingerprint density at radius 3 is 2.82 bits per heavy atom. The van der Waals surface area contributed by atoms with Gasteiger partial charge in [-0.15, -0.1) is 0 Å². The highest BCUT2D eigenvalue weighted by molar-refractivity contribution is 5.57. The number of nitrogens with two attached hydrogens (primary N) is 1. The van der Waals surface area contributed by atoms with Gasteiger partial charge in [0.25, 0.3) is 0 Å². The minimum absolute atomic E-state index is 0.00663. The van der Waals surface area contributed by atoms with Crippen LogP contribution < -0.4 is 10.6 Å². The average Bonchev–Trinajstić information content (AvgIpc) is 2.36. The Balaban J connectivity index is 2.33. The van der Waals surface area contributed by atoms with Gasteiger partial charge in [-0.1, -0.05) is 12.1 Å². The van der Waals surface area contributed by atoms with E-state index < -0.39 is 0 Å². The molecule has 3 heteroatoms. The molecular weight excluding hydrogens is 212 g/mol. The van der Waals surface area contributed by atoms with Crippen molar-refractivity contribution in [3.63, 3.8) is 0 Å². The molecule has 1 heterocycles. The van der Waals surface area contributed by atoms with Crippen LogP contribution in [0.3, 0.4) is 0 Å². The molecule has 0 unspecified atom stereocenters. The van der Waals surface area contributed by atoms with E-state index in [0.717, 1.165) is 18.5 Å². The molecule has 3 N–H and O–H groups in total. The van der Waals surface area contributed by atoms with Gasteiger partial charge in [0.2, 0.25) is 0 Å². The number of benzene rings is 1. The average molecular weight is 234 g/mol. The van der Waals surface area contributed by atoms with Gasteiger partial charge >= 0.3 is 0 Å². The number of aryl methyl sites for hydroxylation is 1. The van der Waals surface area contributed by atoms with Crippen molar-refractivity contribution in [1.29, 1.82) is 0 Å². The summed E-state index contributed by atoms with van der Waals surface area (Å²) in [7, 11) is 0. The van der Waals surface area contributed by atoms with Crippen molar-refractivity contribution in [2.75, 3.05) is 18.1 Å². The molecule has 0 saturated heterocycles. The largest absolute Gasteiger partial charge is 0.394 e. The maximum Gasteiger partial charge on any atom is 0.0624 e. The van der Waals surface area contributed by atoms with Crippen LogP contribution in [0.15, 0.2) is 18.2 Å². The summed E-state index contributed by atoms with van der Waals surface area (Å²) in [5.41, 5.74) is 9.60. The number of anilines is 1. The maximum atomic E-state index is 9.10. The van der Waals surface area contributed by atoms with Crippen LogP contribution in [0.2, 0.25) is 0 Å². The Morgan fingerprint density at radius 1 is 1.41 bits per heavy atom. The van der Waals surface area contributed by atoms with E-state index >= 15 is 0 Å². The lowest BCUT2D eigenvalue weighted by molar-refractivity contribution is 0.268. The molecule has 0 aromatic heterocycles. The Morgan fingerprint density at radius 2 is 2.18 bits per heavy atom. The van der Waals surface area contributed by atoms with Gasteiger partial charge in [0.15, 0.2) is 0 Å². The molecule has 0 spiro atoms. The van der Waals surface area contributed by atoms with Gasteiger partial charge in [-0.2, -0.15) is 0 Å². The van der Waals surface area contributed by atoms with E-state index in [4.69, 9.17) is 10.8 Å². The van der Waals surface area contributed by atoms with Crippen molar-refractivity contribution >= 4 is 5.69 Å². The zero-order valence-electron chi connectivity index (χ0n) is 10.7. The maximum absolute atomic E-state index is 9.10. The molecule has 1 aromatic carbocycles. The molecule has 1 aliphatic rings. The van der Waals surface area contributed by atoms with E-state index in [-0.39, 0.29) is 12.6 Å². The van der Waals surface area contributed by atoms with Crippen LogP contribution in [0.25, 0.3) is 0 Å². The normalized spacial score (nSPS) is 17.1. The smallest absolute Gasteiger partial charge is 0.0624 e. The van der Waals surface area contributed by atoms with Gasteiger partial charge in [0, 0.05) is 18.3 Å². The first-order valence-electron chi connectivity index (χ1n) is 6.39. The third kappa shape index (κ3) is 2.45. The van der Waals surface area contributed by atoms with Crippen LogP contribution in [0, 0.1) is 0 Å². The number of nitrogens with zero attached hydrogens (tertiary/aromatic N) is 1. The molecule has 0 aliphatic carbocycles. The number of fused-ring (bicyclic) bond motifs is 1. The summed E-state index contributed by atoms with van der Waals surface area (Å²) < 4.78 is 0. The second-order valence-corrected chi connectivity index (χ2v) is 5.07. The highest BCUT2D eigenvalue weighted by Crippen LogP contribution is 2.30. The third-order valence-corrected chi connectivity index (χ3v) is 3.51. The van der Waals surface area contributed by atoms with Crippen LogP contribution in [-0.4, -0.2) is 24.3 Å². The molecule has 17 heavy (non-hydrogen) atoms. The predicted molar refractivity (Wildman–Crippen MR) is 71.3 cm³/mol. The van der Waals surface area contributed by atoms with Gasteiger partial charge in [0.05, 0.1) is 12.6 Å². The van der Waals surface area contributed by atoms with Gasteiger partial charge in [-0.25, -0.2) is 0 Å². The zero-order valence-corrected chi connectivity index (χ0v) is 10.7. The number of hydrogen-bond donors (Lipinski definition) is 2. The Labute approximate surface area is 103 Å². The fourth-order valence-corrected chi connectivity index (χ4v) is 2.52. The Bertz CT molecular complexity index is 390. The molecule has 2 rings (SSSR count). The molecular formula is C14H22N2O. The van der Waals surface area contributed by atoms with Crippen molar-refractivity contribution in [3.8, 4) is 0 Å². The Kier molecular flexibility index (Phi) is 3.69. The lowest BCUT2D eigenvalue weighted by Gasteiger charge is -2.35. The molecule has 1 aliphatic heterocycles. The standard InChI is InChI=1S/C14H22N2O/c1-10(2)16-7-3-4-12-8-11(13(15)9-17)5-6-14(12)16/h5-6,8,10,13,17H,3-4,7,9,15H2,1-2H3/t13-/m0/s1. The molecule has 1 aromatic rings. The van der Waals surface area contributed by atoms with Crippen LogP contribution >= 0.6 is 0 Å². The molecule has 3 nitrogen and oxygen atoms in total. The zero-order chi connectivity index (χ0) is 12.4. The summed E-state index contributed by atoms with van der Waals surface area (Å²) in [4.78, 5) is 2.44. The predicted octanol–water partition coefficient (Wildman–Crippen LogP) is 1.84. The molecule has 0 radical (unpaired) electrons. The monoisotopic (exact) mass is 234 g/mol. The highest BCUT2D eigenvalue weighted by atomic mass is 16.3. The van der Waals surface area contributed by atoms with E-state index in [1.165, 1.54) is 17.7 Å². The van der Waals surface area contributed by atoms with Crippen LogP contribution in [-0.2, 0) is 6.42 Å². The van der Waals surface area contributed by atoms with E-state index in [2.05, 4.69) is 30.9 Å². The lowest BCUT2D eigenvalue weighted by atomic mass is 9.96. The lowest BCUT2D eigenvalue weighted by Crippen LogP contribution is -2.35.